The van der Waals surface area contributed by atoms with Crippen LogP contribution in [0.3, 0.4) is 0 Å². The number of sulfone groups is 1. The average Bonchev–Trinajstić information content (AvgIpc) is 2.62. The fourth-order valence-corrected chi connectivity index (χ4v) is 5.88. The van der Waals surface area contributed by atoms with Gasteiger partial charge in [0.1, 0.15) is 5.75 Å². The number of hydrogen-bond acceptors (Lipinski definition) is 5. The largest absolute Gasteiger partial charge is 0.339 e. The Kier molecular flexibility index (Phi) is 7.81. The molecule has 7 nitrogen and oxygen atoms in total. The normalized spacial score (nSPS) is 16.4. The molecule has 1 aliphatic rings. The molecule has 9 heteroatoms. The van der Waals surface area contributed by atoms with Gasteiger partial charge in [-0.25, -0.2) is 16.8 Å². The van der Waals surface area contributed by atoms with Crippen LogP contribution in [0.4, 0.5) is 0 Å². The van der Waals surface area contributed by atoms with E-state index in [0.29, 0.717) is 12.0 Å². The molecular formula is C18H28N2O5S2. The summed E-state index contributed by atoms with van der Waals surface area (Å²) in [4.78, 5) is 13.7. The maximum atomic E-state index is 12.5. The lowest BCUT2D eigenvalue weighted by molar-refractivity contribution is -0.129. The van der Waals surface area contributed by atoms with E-state index in [1.54, 1.807) is 24.3 Å². The highest BCUT2D eigenvalue weighted by molar-refractivity contribution is 7.92. The van der Waals surface area contributed by atoms with Gasteiger partial charge in [-0.3, -0.25) is 4.79 Å². The number of carbonyl (C=O) groups is 1. The second-order valence-electron chi connectivity index (χ2n) is 6.82. The molecule has 0 atom stereocenters. The summed E-state index contributed by atoms with van der Waals surface area (Å²) in [5.74, 6) is -0.981. The first kappa shape index (κ1) is 21.8. The summed E-state index contributed by atoms with van der Waals surface area (Å²) in [6, 6.07) is 8.95. The lowest BCUT2D eigenvalue weighted by Gasteiger charge is -2.34. The first-order valence-electron chi connectivity index (χ1n) is 9.23. The number of hydrogen-bond donors (Lipinski definition) is 0. The highest BCUT2D eigenvalue weighted by Gasteiger charge is 2.30. The molecule has 1 aromatic carbocycles. The quantitative estimate of drug-likeness (QED) is 0.565. The summed E-state index contributed by atoms with van der Waals surface area (Å²) < 4.78 is 50.5. The predicted octanol–water partition coefficient (Wildman–Crippen LogP) is 1.27. The summed E-state index contributed by atoms with van der Waals surface area (Å²) in [7, 11) is -6.87. The SMILES string of the molecule is CCCCCS(=O)(=O)CC(=O)N1CCN(S(=O)(=O)Cc2ccccc2)CC1. The van der Waals surface area contributed by atoms with Crippen molar-refractivity contribution >= 4 is 25.8 Å². The van der Waals surface area contributed by atoms with Crippen molar-refractivity contribution in [2.45, 2.75) is 31.9 Å². The van der Waals surface area contributed by atoms with Gasteiger partial charge in [-0.05, 0) is 12.0 Å². The molecule has 2 rings (SSSR count). The number of unbranched alkanes of at least 4 members (excludes halogenated alkanes) is 2. The average molecular weight is 417 g/mol. The second-order valence-corrected chi connectivity index (χ2v) is 11.0. The van der Waals surface area contributed by atoms with E-state index in [1.807, 2.05) is 13.0 Å². The van der Waals surface area contributed by atoms with Crippen molar-refractivity contribution < 1.29 is 21.6 Å². The van der Waals surface area contributed by atoms with Crippen molar-refractivity contribution in [3.63, 3.8) is 0 Å². The number of sulfonamides is 1. The third-order valence-electron chi connectivity index (χ3n) is 4.58. The Morgan fingerprint density at radius 3 is 2.19 bits per heavy atom. The third kappa shape index (κ3) is 6.90. The minimum atomic E-state index is -3.46. The van der Waals surface area contributed by atoms with Crippen LogP contribution in [0.2, 0.25) is 0 Å². The highest BCUT2D eigenvalue weighted by atomic mass is 32.2. The zero-order valence-corrected chi connectivity index (χ0v) is 17.3. The summed E-state index contributed by atoms with van der Waals surface area (Å²) in [5, 5.41) is 0. The van der Waals surface area contributed by atoms with Crippen LogP contribution in [0.5, 0.6) is 0 Å². The van der Waals surface area contributed by atoms with Crippen LogP contribution in [0.25, 0.3) is 0 Å². The maximum Gasteiger partial charge on any atom is 0.237 e. The highest BCUT2D eigenvalue weighted by Crippen LogP contribution is 2.14. The van der Waals surface area contributed by atoms with Crippen molar-refractivity contribution in [2.75, 3.05) is 37.7 Å². The van der Waals surface area contributed by atoms with Crippen molar-refractivity contribution in [1.29, 1.82) is 0 Å². The van der Waals surface area contributed by atoms with Gasteiger partial charge in [-0.15, -0.1) is 0 Å². The number of piperazine rings is 1. The van der Waals surface area contributed by atoms with Crippen LogP contribution >= 0.6 is 0 Å². The molecule has 0 spiro atoms. The van der Waals surface area contributed by atoms with E-state index in [4.69, 9.17) is 0 Å². The van der Waals surface area contributed by atoms with Gasteiger partial charge in [0, 0.05) is 26.2 Å². The molecule has 1 saturated heterocycles. The summed E-state index contributed by atoms with van der Waals surface area (Å²) in [5.41, 5.74) is 0.717. The number of nitrogens with zero attached hydrogens (tertiary/aromatic N) is 2. The number of benzene rings is 1. The van der Waals surface area contributed by atoms with Crippen LogP contribution < -0.4 is 0 Å². The van der Waals surface area contributed by atoms with Crippen molar-refractivity contribution in [2.24, 2.45) is 0 Å². The summed E-state index contributed by atoms with van der Waals surface area (Å²) >= 11 is 0. The Morgan fingerprint density at radius 2 is 1.59 bits per heavy atom. The van der Waals surface area contributed by atoms with E-state index >= 15 is 0 Å². The zero-order valence-electron chi connectivity index (χ0n) is 15.7. The molecule has 0 N–H and O–H groups in total. The number of amides is 1. The molecule has 152 valence electrons. The Balaban J connectivity index is 1.86. The van der Waals surface area contributed by atoms with E-state index in [2.05, 4.69) is 0 Å². The van der Waals surface area contributed by atoms with E-state index in [-0.39, 0.29) is 37.7 Å². The first-order chi connectivity index (χ1) is 12.7. The molecule has 1 fully saturated rings. The van der Waals surface area contributed by atoms with Gasteiger partial charge in [0.2, 0.25) is 15.9 Å². The molecule has 27 heavy (non-hydrogen) atoms. The van der Waals surface area contributed by atoms with E-state index < -0.39 is 31.5 Å². The van der Waals surface area contributed by atoms with Crippen LogP contribution in [0, 0.1) is 0 Å². The topological polar surface area (TPSA) is 91.8 Å². The Bertz CT molecular complexity index is 815. The Morgan fingerprint density at radius 1 is 0.963 bits per heavy atom. The second kappa shape index (κ2) is 9.66. The fourth-order valence-electron chi connectivity index (χ4n) is 3.02. The lowest BCUT2D eigenvalue weighted by Crippen LogP contribution is -2.52. The minimum Gasteiger partial charge on any atom is -0.339 e. The minimum absolute atomic E-state index is 0.0258. The molecule has 1 heterocycles. The molecule has 0 aromatic heterocycles. The maximum absolute atomic E-state index is 12.5. The molecule has 0 unspecified atom stereocenters. The fraction of sp³-hybridized carbons (Fsp3) is 0.611. The number of rotatable bonds is 9. The lowest BCUT2D eigenvalue weighted by atomic mass is 10.2. The van der Waals surface area contributed by atoms with Gasteiger partial charge in [-0.2, -0.15) is 4.31 Å². The smallest absolute Gasteiger partial charge is 0.237 e. The van der Waals surface area contributed by atoms with E-state index in [1.165, 1.54) is 9.21 Å². The monoisotopic (exact) mass is 416 g/mol. The van der Waals surface area contributed by atoms with Gasteiger partial charge in [0.05, 0.1) is 11.5 Å². The van der Waals surface area contributed by atoms with E-state index in [0.717, 1.165) is 12.8 Å². The van der Waals surface area contributed by atoms with Crippen LogP contribution in [-0.4, -0.2) is 69.6 Å². The molecule has 0 aliphatic carbocycles. The Hall–Kier alpha value is -1.45. The van der Waals surface area contributed by atoms with Crippen molar-refractivity contribution in [3.8, 4) is 0 Å². The molecule has 0 saturated carbocycles. The Labute approximate surface area is 162 Å². The first-order valence-corrected chi connectivity index (χ1v) is 12.7. The molecule has 0 radical (unpaired) electrons. The zero-order chi connectivity index (χ0) is 19.9. The van der Waals surface area contributed by atoms with Gasteiger partial charge in [-0.1, -0.05) is 50.1 Å². The standard InChI is InChI=1S/C18H28N2O5S2/c1-2-3-7-14-26(22,23)16-18(21)19-10-12-20(13-11-19)27(24,25)15-17-8-5-4-6-9-17/h4-6,8-9H,2-3,7,10-16H2,1H3. The van der Waals surface area contributed by atoms with Crippen LogP contribution in [0.1, 0.15) is 31.7 Å². The summed E-state index contributed by atoms with van der Waals surface area (Å²) in [6.07, 6.45) is 2.31. The molecule has 1 aromatic rings. The molecular weight excluding hydrogens is 388 g/mol. The van der Waals surface area contributed by atoms with E-state index in [9.17, 15) is 21.6 Å². The van der Waals surface area contributed by atoms with Gasteiger partial charge in [0.25, 0.3) is 0 Å². The predicted molar refractivity (Wildman–Crippen MR) is 105 cm³/mol. The van der Waals surface area contributed by atoms with Crippen LogP contribution in [-0.2, 0) is 30.4 Å². The van der Waals surface area contributed by atoms with Crippen molar-refractivity contribution in [1.82, 2.24) is 9.21 Å². The van der Waals surface area contributed by atoms with Gasteiger partial charge < -0.3 is 4.90 Å². The molecule has 1 aliphatic heterocycles. The molecule has 1 amide bonds. The van der Waals surface area contributed by atoms with Crippen molar-refractivity contribution in [3.05, 3.63) is 35.9 Å². The third-order valence-corrected chi connectivity index (χ3v) is 8.03. The number of carbonyl (C=O) groups excluding carboxylic acids is 1. The molecule has 0 bridgehead atoms. The van der Waals surface area contributed by atoms with Gasteiger partial charge >= 0.3 is 0 Å². The van der Waals surface area contributed by atoms with Crippen LogP contribution in [0.15, 0.2) is 30.3 Å². The van der Waals surface area contributed by atoms with Gasteiger partial charge in [0.15, 0.2) is 9.84 Å². The summed E-state index contributed by atoms with van der Waals surface area (Å²) in [6.45, 7) is 2.81.